The highest BCUT2D eigenvalue weighted by Crippen LogP contribution is 2.37. The fraction of sp³-hybridized carbons (Fsp3) is 0.556. The molecule has 1 aliphatic rings. The highest BCUT2D eigenvalue weighted by molar-refractivity contribution is 7.71. The van der Waals surface area contributed by atoms with Crippen LogP contribution in [0.3, 0.4) is 0 Å². The van der Waals surface area contributed by atoms with Gasteiger partial charge in [-0.2, -0.15) is 0 Å². The lowest BCUT2D eigenvalue weighted by atomic mass is 9.87. The first kappa shape index (κ1) is 12.5. The zero-order chi connectivity index (χ0) is 12.8. The minimum Gasteiger partial charge on any atom is -0.388 e. The standard InChI is InChI=1S/C9H12BN3O3S/c1-9(15)5(14)6(10)16-7(9)13-3-2-4(11)12-8(13)17/h2-3,5-7,14-15H,1H3,(H2,11,12,17). The number of aliphatic hydroxyl groups is 2. The summed E-state index contributed by atoms with van der Waals surface area (Å²) in [5.41, 5.74) is 3.93. The van der Waals surface area contributed by atoms with Crippen molar-refractivity contribution in [2.24, 2.45) is 0 Å². The van der Waals surface area contributed by atoms with Crippen LogP contribution in [0.5, 0.6) is 0 Å². The highest BCUT2D eigenvalue weighted by Gasteiger charge is 2.50. The number of aromatic nitrogens is 2. The Balaban J connectivity index is 2.45. The minimum atomic E-state index is -1.55. The van der Waals surface area contributed by atoms with Crippen molar-refractivity contribution in [1.82, 2.24) is 9.55 Å². The molecule has 2 radical (unpaired) electrons. The Labute approximate surface area is 104 Å². The van der Waals surface area contributed by atoms with E-state index < -0.39 is 23.9 Å². The Kier molecular flexibility index (Phi) is 2.98. The molecule has 0 saturated carbocycles. The third-order valence-electron chi connectivity index (χ3n) is 2.80. The molecule has 17 heavy (non-hydrogen) atoms. The summed E-state index contributed by atoms with van der Waals surface area (Å²) in [6, 6.07) is 0.542. The SMILES string of the molecule is [B]C1OC(n2ccc(N)nc2=S)C(C)(O)C1O. The van der Waals surface area contributed by atoms with Crippen LogP contribution in [0.15, 0.2) is 12.3 Å². The highest BCUT2D eigenvalue weighted by atomic mass is 32.1. The Bertz CT molecular complexity index is 493. The van der Waals surface area contributed by atoms with Gasteiger partial charge in [0.15, 0.2) is 6.23 Å². The van der Waals surface area contributed by atoms with Crippen molar-refractivity contribution < 1.29 is 14.9 Å². The quantitative estimate of drug-likeness (QED) is 0.454. The van der Waals surface area contributed by atoms with Gasteiger partial charge in [0, 0.05) is 12.2 Å². The molecule has 6 nitrogen and oxygen atoms in total. The van der Waals surface area contributed by atoms with Gasteiger partial charge in [-0.05, 0) is 25.2 Å². The topological polar surface area (TPSA) is 93.5 Å². The Morgan fingerprint density at radius 1 is 1.71 bits per heavy atom. The van der Waals surface area contributed by atoms with Gasteiger partial charge in [-0.25, -0.2) is 4.98 Å². The summed E-state index contributed by atoms with van der Waals surface area (Å²) in [5.74, 6) is 0.272. The summed E-state index contributed by atoms with van der Waals surface area (Å²) < 4.78 is 6.84. The summed E-state index contributed by atoms with van der Waals surface area (Å²) in [4.78, 5) is 3.88. The van der Waals surface area contributed by atoms with E-state index in [4.69, 9.17) is 30.5 Å². The molecule has 4 N–H and O–H groups in total. The van der Waals surface area contributed by atoms with Crippen molar-refractivity contribution in [2.75, 3.05) is 5.73 Å². The van der Waals surface area contributed by atoms with Crippen LogP contribution in [0.1, 0.15) is 13.2 Å². The van der Waals surface area contributed by atoms with Gasteiger partial charge in [-0.3, -0.25) is 4.57 Å². The monoisotopic (exact) mass is 253 g/mol. The molecule has 0 spiro atoms. The zero-order valence-electron chi connectivity index (χ0n) is 9.15. The lowest BCUT2D eigenvalue weighted by Gasteiger charge is -2.28. The van der Waals surface area contributed by atoms with Crippen LogP contribution in [0.25, 0.3) is 0 Å². The molecule has 1 aromatic rings. The second-order valence-corrected chi connectivity index (χ2v) is 4.53. The Morgan fingerprint density at radius 2 is 2.35 bits per heavy atom. The maximum atomic E-state index is 10.2. The van der Waals surface area contributed by atoms with Gasteiger partial charge in [-0.15, -0.1) is 0 Å². The third kappa shape index (κ3) is 1.97. The fourth-order valence-corrected chi connectivity index (χ4v) is 2.05. The van der Waals surface area contributed by atoms with Crippen molar-refractivity contribution in [3.63, 3.8) is 0 Å². The molecule has 90 valence electrons. The predicted octanol–water partition coefficient (Wildman–Crippen LogP) is -0.670. The summed E-state index contributed by atoms with van der Waals surface area (Å²) in [7, 11) is 5.54. The Morgan fingerprint density at radius 3 is 2.82 bits per heavy atom. The van der Waals surface area contributed by atoms with Crippen LogP contribution in [0.2, 0.25) is 0 Å². The molecule has 0 bridgehead atoms. The van der Waals surface area contributed by atoms with E-state index in [1.165, 1.54) is 23.8 Å². The second kappa shape index (κ2) is 4.06. The number of ether oxygens (including phenoxy) is 1. The lowest BCUT2D eigenvalue weighted by Crippen LogP contribution is -2.43. The van der Waals surface area contributed by atoms with Gasteiger partial charge in [-0.1, -0.05) is 0 Å². The van der Waals surface area contributed by atoms with Gasteiger partial charge in [0.1, 0.15) is 25.4 Å². The van der Waals surface area contributed by atoms with Gasteiger partial charge in [0.2, 0.25) is 4.77 Å². The smallest absolute Gasteiger partial charge is 0.203 e. The average Bonchev–Trinajstić information content (AvgIpc) is 2.43. The number of hydrogen-bond donors (Lipinski definition) is 3. The van der Waals surface area contributed by atoms with Gasteiger partial charge in [0.25, 0.3) is 0 Å². The number of anilines is 1. The number of rotatable bonds is 1. The van der Waals surface area contributed by atoms with E-state index >= 15 is 0 Å². The van der Waals surface area contributed by atoms with Crippen molar-refractivity contribution in [1.29, 1.82) is 0 Å². The van der Waals surface area contributed by atoms with Gasteiger partial charge < -0.3 is 20.7 Å². The Hall–Kier alpha value is -0.955. The first-order valence-electron chi connectivity index (χ1n) is 5.00. The number of aliphatic hydroxyl groups excluding tert-OH is 1. The molecule has 4 atom stereocenters. The molecule has 1 saturated heterocycles. The largest absolute Gasteiger partial charge is 0.388 e. The van der Waals surface area contributed by atoms with E-state index in [9.17, 15) is 10.2 Å². The molecule has 0 amide bonds. The first-order valence-corrected chi connectivity index (χ1v) is 5.41. The molecule has 1 aromatic heterocycles. The van der Waals surface area contributed by atoms with Crippen LogP contribution in [-0.4, -0.2) is 45.3 Å². The molecular weight excluding hydrogens is 241 g/mol. The first-order chi connectivity index (χ1) is 7.84. The lowest BCUT2D eigenvalue weighted by molar-refractivity contribution is -0.0953. The number of nitrogen functional groups attached to an aromatic ring is 1. The maximum Gasteiger partial charge on any atom is 0.203 e. The molecule has 4 unspecified atom stereocenters. The number of hydrogen-bond acceptors (Lipinski definition) is 6. The summed E-state index contributed by atoms with van der Waals surface area (Å²) in [6.07, 6.45) is -0.561. The van der Waals surface area contributed by atoms with Crippen LogP contribution in [-0.2, 0) is 4.74 Å². The number of nitrogens with two attached hydrogens (primary N) is 1. The fourth-order valence-electron chi connectivity index (χ4n) is 1.79. The van der Waals surface area contributed by atoms with Crippen molar-refractivity contribution in [3.05, 3.63) is 17.0 Å². The second-order valence-electron chi connectivity index (χ2n) is 4.17. The zero-order valence-corrected chi connectivity index (χ0v) is 9.96. The van der Waals surface area contributed by atoms with Crippen LogP contribution in [0, 0.1) is 4.77 Å². The molecule has 0 aromatic carbocycles. The van der Waals surface area contributed by atoms with Crippen molar-refractivity contribution in [3.8, 4) is 0 Å². The normalized spacial score (nSPS) is 37.2. The van der Waals surface area contributed by atoms with E-state index in [0.29, 0.717) is 0 Å². The van der Waals surface area contributed by atoms with Gasteiger partial charge >= 0.3 is 0 Å². The maximum absolute atomic E-state index is 10.2. The van der Waals surface area contributed by atoms with Crippen LogP contribution >= 0.6 is 12.2 Å². The van der Waals surface area contributed by atoms with Crippen LogP contribution < -0.4 is 5.73 Å². The molecule has 1 aliphatic heterocycles. The van der Waals surface area contributed by atoms with Crippen LogP contribution in [0.4, 0.5) is 5.82 Å². The minimum absolute atomic E-state index is 0.150. The molecule has 2 rings (SSSR count). The number of nitrogens with zero attached hydrogens (tertiary/aromatic N) is 2. The molecule has 0 aliphatic carbocycles. The average molecular weight is 253 g/mol. The predicted molar refractivity (Wildman–Crippen MR) is 63.8 cm³/mol. The third-order valence-corrected chi connectivity index (χ3v) is 3.10. The van der Waals surface area contributed by atoms with Crippen molar-refractivity contribution in [2.45, 2.75) is 30.9 Å². The van der Waals surface area contributed by atoms with E-state index in [-0.39, 0.29) is 10.6 Å². The van der Waals surface area contributed by atoms with E-state index in [1.807, 2.05) is 0 Å². The van der Waals surface area contributed by atoms with E-state index in [2.05, 4.69) is 4.98 Å². The summed E-state index contributed by atoms with van der Waals surface area (Å²) in [5, 5.41) is 19.9. The van der Waals surface area contributed by atoms with E-state index in [1.54, 1.807) is 0 Å². The van der Waals surface area contributed by atoms with E-state index in [0.717, 1.165) is 0 Å². The molecule has 2 heterocycles. The summed E-state index contributed by atoms with van der Waals surface area (Å²) in [6.45, 7) is 1.42. The molecule has 8 heteroatoms. The summed E-state index contributed by atoms with van der Waals surface area (Å²) >= 11 is 5.01. The van der Waals surface area contributed by atoms with Gasteiger partial charge in [0.05, 0.1) is 0 Å². The van der Waals surface area contributed by atoms with Crippen molar-refractivity contribution >= 4 is 25.9 Å². The molecule has 1 fully saturated rings. The molecular formula is C9H12BN3O3S.